The average molecular weight is 392 g/mol. The number of anilines is 2. The summed E-state index contributed by atoms with van der Waals surface area (Å²) in [5.41, 5.74) is 0.155. The van der Waals surface area contributed by atoms with E-state index in [0.29, 0.717) is 11.4 Å². The molecule has 0 unspecified atom stereocenters. The van der Waals surface area contributed by atoms with E-state index < -0.39 is 29.1 Å². The molecule has 0 radical (unpaired) electrons. The third kappa shape index (κ3) is 5.79. The molecule has 0 bridgehead atoms. The number of nitro benzene ring substituents is 1. The Hall–Kier alpha value is -3.46. The number of ether oxygens (including phenoxy) is 1. The van der Waals surface area contributed by atoms with Gasteiger partial charge in [-0.3, -0.25) is 19.7 Å². The van der Waals surface area contributed by atoms with Crippen molar-refractivity contribution >= 4 is 46.4 Å². The zero-order valence-corrected chi connectivity index (χ0v) is 14.8. The molecule has 0 heterocycles. The van der Waals surface area contributed by atoms with Crippen LogP contribution in [0.4, 0.5) is 17.1 Å². The number of esters is 1. The van der Waals surface area contributed by atoms with Crippen LogP contribution in [0.2, 0.25) is 5.02 Å². The topological polar surface area (TPSA) is 128 Å². The van der Waals surface area contributed by atoms with Crippen molar-refractivity contribution in [3.63, 3.8) is 0 Å². The lowest BCUT2D eigenvalue weighted by Crippen LogP contribution is -2.21. The predicted octanol–water partition coefficient (Wildman–Crippen LogP) is 3.00. The molecule has 0 aromatic heterocycles. The highest BCUT2D eigenvalue weighted by Crippen LogP contribution is 2.24. The molecule has 2 amide bonds. The van der Waals surface area contributed by atoms with E-state index in [1.165, 1.54) is 13.0 Å². The van der Waals surface area contributed by atoms with Gasteiger partial charge >= 0.3 is 5.97 Å². The molecule has 0 saturated carbocycles. The second kappa shape index (κ2) is 8.77. The summed E-state index contributed by atoms with van der Waals surface area (Å²) in [5.74, 6) is -1.88. The minimum Gasteiger partial charge on any atom is -0.452 e. The van der Waals surface area contributed by atoms with Gasteiger partial charge in [-0.05, 0) is 36.4 Å². The fourth-order valence-corrected chi connectivity index (χ4v) is 2.24. The number of amides is 2. The molecule has 0 fully saturated rings. The highest BCUT2D eigenvalue weighted by molar-refractivity contribution is 6.31. The minimum atomic E-state index is -1.02. The van der Waals surface area contributed by atoms with Crippen LogP contribution in [0, 0.1) is 10.1 Å². The highest BCUT2D eigenvalue weighted by Gasteiger charge is 2.22. The second-order valence-electron chi connectivity index (χ2n) is 5.30. The number of rotatable bonds is 6. The van der Waals surface area contributed by atoms with Gasteiger partial charge in [0, 0.05) is 29.4 Å². The lowest BCUT2D eigenvalue weighted by atomic mass is 10.2. The van der Waals surface area contributed by atoms with Crippen LogP contribution in [0.5, 0.6) is 0 Å². The van der Waals surface area contributed by atoms with Crippen LogP contribution in [-0.4, -0.2) is 29.3 Å². The molecule has 10 heteroatoms. The number of nitrogens with one attached hydrogen (secondary N) is 2. The lowest BCUT2D eigenvalue weighted by Gasteiger charge is -2.08. The third-order valence-corrected chi connectivity index (χ3v) is 3.43. The predicted molar refractivity (Wildman–Crippen MR) is 97.8 cm³/mol. The molecule has 0 aliphatic carbocycles. The Morgan fingerprint density at radius 2 is 1.67 bits per heavy atom. The van der Waals surface area contributed by atoms with Crippen molar-refractivity contribution in [3.8, 4) is 0 Å². The Morgan fingerprint density at radius 3 is 2.22 bits per heavy atom. The monoisotopic (exact) mass is 391 g/mol. The van der Waals surface area contributed by atoms with Crippen molar-refractivity contribution in [1.29, 1.82) is 0 Å². The van der Waals surface area contributed by atoms with E-state index in [9.17, 15) is 24.5 Å². The van der Waals surface area contributed by atoms with Gasteiger partial charge in [-0.1, -0.05) is 11.6 Å². The number of carbonyl (C=O) groups is 3. The molecule has 2 N–H and O–H groups in total. The largest absolute Gasteiger partial charge is 0.452 e. The molecule has 9 nitrogen and oxygen atoms in total. The average Bonchev–Trinajstić information content (AvgIpc) is 2.60. The Bertz CT molecular complexity index is 898. The summed E-state index contributed by atoms with van der Waals surface area (Å²) in [6.45, 7) is 0.737. The fraction of sp³-hybridized carbons (Fsp3) is 0.118. The molecule has 0 saturated heterocycles. The summed E-state index contributed by atoms with van der Waals surface area (Å²) in [6.07, 6.45) is 0. The first-order valence-electron chi connectivity index (χ1n) is 7.55. The van der Waals surface area contributed by atoms with E-state index in [0.717, 1.165) is 12.1 Å². The van der Waals surface area contributed by atoms with Crippen LogP contribution < -0.4 is 10.6 Å². The quantitative estimate of drug-likeness (QED) is 0.442. The first-order valence-corrected chi connectivity index (χ1v) is 7.92. The molecule has 0 aliphatic heterocycles. The maximum atomic E-state index is 12.0. The number of nitro groups is 1. The van der Waals surface area contributed by atoms with Crippen molar-refractivity contribution < 1.29 is 24.0 Å². The van der Waals surface area contributed by atoms with Crippen LogP contribution in [0.1, 0.15) is 17.3 Å². The van der Waals surface area contributed by atoms with E-state index in [2.05, 4.69) is 10.6 Å². The van der Waals surface area contributed by atoms with Crippen LogP contribution >= 0.6 is 11.6 Å². The van der Waals surface area contributed by atoms with Gasteiger partial charge in [0.05, 0.1) is 4.92 Å². The van der Waals surface area contributed by atoms with E-state index in [-0.39, 0.29) is 16.5 Å². The number of hydrogen-bond donors (Lipinski definition) is 2. The highest BCUT2D eigenvalue weighted by atomic mass is 35.5. The molecule has 2 aromatic carbocycles. The fourth-order valence-electron chi connectivity index (χ4n) is 2.07. The van der Waals surface area contributed by atoms with Crippen LogP contribution in [0.15, 0.2) is 42.5 Å². The Morgan fingerprint density at radius 1 is 1.07 bits per heavy atom. The van der Waals surface area contributed by atoms with Crippen molar-refractivity contribution in [2.75, 3.05) is 17.2 Å². The van der Waals surface area contributed by atoms with Gasteiger partial charge in [-0.15, -0.1) is 0 Å². The van der Waals surface area contributed by atoms with Crippen molar-refractivity contribution in [1.82, 2.24) is 0 Å². The second-order valence-corrected chi connectivity index (χ2v) is 5.74. The van der Waals surface area contributed by atoms with Gasteiger partial charge in [0.15, 0.2) is 6.61 Å². The molecule has 0 aliphatic rings. The standard InChI is InChI=1S/C17H14ClN3O6/c1-10(22)19-12-3-5-13(6-4-12)20-16(23)9-27-17(24)14-7-2-11(18)8-15(14)21(25)26/h2-8H,9H2,1H3,(H,19,22)(H,20,23). The third-order valence-electron chi connectivity index (χ3n) is 3.20. The SMILES string of the molecule is CC(=O)Nc1ccc(NC(=O)COC(=O)c2ccc(Cl)cc2[N+](=O)[O-])cc1. The molecular formula is C17H14ClN3O6. The zero-order valence-electron chi connectivity index (χ0n) is 14.0. The molecule has 2 rings (SSSR count). The summed E-state index contributed by atoms with van der Waals surface area (Å²) < 4.78 is 4.81. The zero-order chi connectivity index (χ0) is 20.0. The molecule has 0 spiro atoms. The Balaban J connectivity index is 1.94. The first kappa shape index (κ1) is 19.9. The minimum absolute atomic E-state index is 0.0960. The van der Waals surface area contributed by atoms with Crippen molar-refractivity contribution in [2.45, 2.75) is 6.92 Å². The summed E-state index contributed by atoms with van der Waals surface area (Å²) in [7, 11) is 0. The number of hydrogen-bond acceptors (Lipinski definition) is 6. The molecule has 27 heavy (non-hydrogen) atoms. The van der Waals surface area contributed by atoms with E-state index >= 15 is 0 Å². The van der Waals surface area contributed by atoms with Crippen molar-refractivity contribution in [2.24, 2.45) is 0 Å². The van der Waals surface area contributed by atoms with E-state index in [1.807, 2.05) is 0 Å². The maximum Gasteiger partial charge on any atom is 0.345 e. The van der Waals surface area contributed by atoms with Crippen LogP contribution in [0.3, 0.4) is 0 Å². The van der Waals surface area contributed by atoms with Gasteiger partial charge in [-0.2, -0.15) is 0 Å². The van der Waals surface area contributed by atoms with Crippen molar-refractivity contribution in [3.05, 3.63) is 63.2 Å². The molecular weight excluding hydrogens is 378 g/mol. The summed E-state index contributed by atoms with van der Waals surface area (Å²) >= 11 is 5.68. The van der Waals surface area contributed by atoms with Crippen LogP contribution in [-0.2, 0) is 14.3 Å². The molecule has 0 atom stereocenters. The smallest absolute Gasteiger partial charge is 0.345 e. The summed E-state index contributed by atoms with van der Waals surface area (Å²) in [6, 6.07) is 9.75. The molecule has 2 aromatic rings. The van der Waals surface area contributed by atoms with E-state index in [4.69, 9.17) is 16.3 Å². The number of benzene rings is 2. The number of halogens is 1. The first-order chi connectivity index (χ1) is 12.8. The Labute approximate surface area is 158 Å². The number of nitrogens with zero attached hydrogens (tertiary/aromatic N) is 1. The van der Waals surface area contributed by atoms with Gasteiger partial charge in [0.25, 0.3) is 11.6 Å². The summed E-state index contributed by atoms with van der Waals surface area (Å²) in [5, 5.41) is 16.2. The Kier molecular flexibility index (Phi) is 6.45. The van der Waals surface area contributed by atoms with Gasteiger partial charge in [0.2, 0.25) is 5.91 Å². The number of carbonyl (C=O) groups excluding carboxylic acids is 3. The van der Waals surface area contributed by atoms with Crippen LogP contribution in [0.25, 0.3) is 0 Å². The van der Waals surface area contributed by atoms with Gasteiger partial charge in [0.1, 0.15) is 5.56 Å². The van der Waals surface area contributed by atoms with Gasteiger partial charge in [-0.25, -0.2) is 4.79 Å². The normalized spacial score (nSPS) is 10.0. The summed E-state index contributed by atoms with van der Waals surface area (Å²) in [4.78, 5) is 45.0. The molecule has 140 valence electrons. The lowest BCUT2D eigenvalue weighted by molar-refractivity contribution is -0.385. The van der Waals surface area contributed by atoms with Gasteiger partial charge < -0.3 is 15.4 Å². The maximum absolute atomic E-state index is 12.0. The van der Waals surface area contributed by atoms with E-state index in [1.54, 1.807) is 24.3 Å².